The second-order valence-corrected chi connectivity index (χ2v) is 6.90. The van der Waals surface area contributed by atoms with Crippen LogP contribution in [0.4, 0.5) is 0 Å². The van der Waals surface area contributed by atoms with Gasteiger partial charge < -0.3 is 14.2 Å². The van der Waals surface area contributed by atoms with E-state index in [2.05, 4.69) is 27.0 Å². The van der Waals surface area contributed by atoms with Gasteiger partial charge in [0.05, 0.1) is 26.4 Å². The molecule has 26 heavy (non-hydrogen) atoms. The van der Waals surface area contributed by atoms with E-state index in [0.717, 1.165) is 38.3 Å². The van der Waals surface area contributed by atoms with E-state index in [-0.39, 0.29) is 6.10 Å². The van der Waals surface area contributed by atoms with Gasteiger partial charge in [-0.3, -0.25) is 4.90 Å². The lowest BCUT2D eigenvalue weighted by Crippen LogP contribution is -2.50. The van der Waals surface area contributed by atoms with E-state index < -0.39 is 0 Å². The second-order valence-electron chi connectivity index (χ2n) is 6.90. The van der Waals surface area contributed by atoms with Crippen LogP contribution < -0.4 is 9.47 Å². The molecule has 0 bridgehead atoms. The Labute approximate surface area is 154 Å². The maximum Gasteiger partial charge on any atom is 0.316 e. The third-order valence-corrected chi connectivity index (χ3v) is 5.35. The van der Waals surface area contributed by atoms with Gasteiger partial charge in [-0.25, -0.2) is 9.97 Å². The second kappa shape index (κ2) is 8.01. The highest BCUT2D eigenvalue weighted by Gasteiger charge is 2.42. The van der Waals surface area contributed by atoms with Gasteiger partial charge in [0.2, 0.25) is 0 Å². The summed E-state index contributed by atoms with van der Waals surface area (Å²) in [5.74, 6) is 1.29. The highest BCUT2D eigenvalue weighted by molar-refractivity contribution is 5.27. The monoisotopic (exact) mass is 355 g/mol. The van der Waals surface area contributed by atoms with Crippen LogP contribution in [0.3, 0.4) is 0 Å². The van der Waals surface area contributed by atoms with Crippen LogP contribution in [0.25, 0.3) is 0 Å². The van der Waals surface area contributed by atoms with E-state index in [1.807, 2.05) is 12.1 Å². The fourth-order valence-electron chi connectivity index (χ4n) is 4.02. The SMILES string of the molecule is COc1ccc(CN2CCO[C@@H]3[C@@H](COc4ncccn4)CC[C@@H]32)cc1. The van der Waals surface area contributed by atoms with Crippen molar-refractivity contribution in [3.8, 4) is 11.8 Å². The standard InChI is InChI=1S/C20H25N3O3/c1-24-17-6-3-15(4-7-17)13-23-11-12-25-19-16(5-8-18(19)23)14-26-20-21-9-2-10-22-20/h2-4,6-7,9-10,16,18-19H,5,8,11-14H2,1H3/t16-,18+,19-/m1/s1. The number of benzene rings is 1. The predicted molar refractivity (Wildman–Crippen MR) is 97.2 cm³/mol. The van der Waals surface area contributed by atoms with Crippen LogP contribution in [-0.2, 0) is 11.3 Å². The van der Waals surface area contributed by atoms with Gasteiger partial charge in [0, 0.05) is 37.4 Å². The molecule has 1 aromatic heterocycles. The van der Waals surface area contributed by atoms with Crippen LogP contribution in [0.2, 0.25) is 0 Å². The molecule has 1 aliphatic heterocycles. The van der Waals surface area contributed by atoms with Gasteiger partial charge in [-0.15, -0.1) is 0 Å². The lowest BCUT2D eigenvalue weighted by Gasteiger charge is -2.39. The topological polar surface area (TPSA) is 56.7 Å². The van der Waals surface area contributed by atoms with Crippen LogP contribution in [0.5, 0.6) is 11.8 Å². The molecule has 0 amide bonds. The van der Waals surface area contributed by atoms with E-state index in [1.54, 1.807) is 25.6 Å². The molecule has 0 unspecified atom stereocenters. The van der Waals surface area contributed by atoms with Crippen molar-refractivity contribution in [1.82, 2.24) is 14.9 Å². The number of hydrogen-bond acceptors (Lipinski definition) is 6. The minimum absolute atomic E-state index is 0.228. The zero-order valence-electron chi connectivity index (χ0n) is 15.1. The van der Waals surface area contributed by atoms with Crippen molar-refractivity contribution < 1.29 is 14.2 Å². The Hall–Kier alpha value is -2.18. The molecular weight excluding hydrogens is 330 g/mol. The summed E-state index contributed by atoms with van der Waals surface area (Å²) in [6.07, 6.45) is 5.89. The van der Waals surface area contributed by atoms with Gasteiger partial charge in [0.25, 0.3) is 0 Å². The number of rotatable bonds is 6. The summed E-state index contributed by atoms with van der Waals surface area (Å²) in [4.78, 5) is 10.8. The minimum atomic E-state index is 0.228. The van der Waals surface area contributed by atoms with Gasteiger partial charge in [0.1, 0.15) is 5.75 Å². The Morgan fingerprint density at radius 1 is 1.15 bits per heavy atom. The molecule has 0 spiro atoms. The van der Waals surface area contributed by atoms with Crippen LogP contribution in [-0.4, -0.2) is 53.9 Å². The molecule has 1 aliphatic carbocycles. The van der Waals surface area contributed by atoms with Gasteiger partial charge in [-0.1, -0.05) is 12.1 Å². The highest BCUT2D eigenvalue weighted by atomic mass is 16.5. The van der Waals surface area contributed by atoms with Crippen molar-refractivity contribution in [2.24, 2.45) is 5.92 Å². The van der Waals surface area contributed by atoms with Crippen molar-refractivity contribution in [1.29, 1.82) is 0 Å². The van der Waals surface area contributed by atoms with Crippen molar-refractivity contribution >= 4 is 0 Å². The molecule has 0 radical (unpaired) electrons. The quantitative estimate of drug-likeness (QED) is 0.794. The van der Waals surface area contributed by atoms with E-state index in [4.69, 9.17) is 14.2 Å². The Morgan fingerprint density at radius 2 is 1.96 bits per heavy atom. The average molecular weight is 355 g/mol. The largest absolute Gasteiger partial charge is 0.497 e. The van der Waals surface area contributed by atoms with E-state index in [9.17, 15) is 0 Å². The van der Waals surface area contributed by atoms with Gasteiger partial charge in [0.15, 0.2) is 0 Å². The summed E-state index contributed by atoms with van der Waals surface area (Å²) in [6, 6.07) is 11.0. The van der Waals surface area contributed by atoms with Crippen molar-refractivity contribution in [2.75, 3.05) is 26.9 Å². The molecule has 3 atom stereocenters. The molecule has 1 saturated heterocycles. The number of morpholine rings is 1. The first-order valence-corrected chi connectivity index (χ1v) is 9.22. The fourth-order valence-corrected chi connectivity index (χ4v) is 4.02. The van der Waals surface area contributed by atoms with Crippen LogP contribution in [0, 0.1) is 5.92 Å². The molecule has 2 fully saturated rings. The molecule has 1 saturated carbocycles. The highest BCUT2D eigenvalue weighted by Crippen LogP contribution is 2.35. The van der Waals surface area contributed by atoms with Crippen molar-refractivity contribution in [3.05, 3.63) is 48.3 Å². The Morgan fingerprint density at radius 3 is 2.73 bits per heavy atom. The lowest BCUT2D eigenvalue weighted by atomic mass is 10.0. The molecule has 0 N–H and O–H groups in total. The smallest absolute Gasteiger partial charge is 0.316 e. The minimum Gasteiger partial charge on any atom is -0.497 e. The first kappa shape index (κ1) is 17.2. The summed E-state index contributed by atoms with van der Waals surface area (Å²) < 4.78 is 17.2. The molecule has 6 nitrogen and oxygen atoms in total. The molecule has 2 aromatic rings. The number of aromatic nitrogens is 2. The summed E-state index contributed by atoms with van der Waals surface area (Å²) in [7, 11) is 1.70. The van der Waals surface area contributed by atoms with E-state index >= 15 is 0 Å². The third-order valence-electron chi connectivity index (χ3n) is 5.35. The maximum atomic E-state index is 6.12. The zero-order valence-corrected chi connectivity index (χ0v) is 15.1. The van der Waals surface area contributed by atoms with Crippen molar-refractivity contribution in [2.45, 2.75) is 31.5 Å². The molecule has 6 heteroatoms. The van der Waals surface area contributed by atoms with E-state index in [0.29, 0.717) is 24.6 Å². The molecule has 1 aromatic carbocycles. The molecule has 2 aliphatic rings. The molecular formula is C20H25N3O3. The Balaban J connectivity index is 1.36. The Bertz CT molecular complexity index is 695. The summed E-state index contributed by atoms with van der Waals surface area (Å²) in [5.41, 5.74) is 1.31. The summed E-state index contributed by atoms with van der Waals surface area (Å²) in [5, 5.41) is 0. The first-order chi connectivity index (χ1) is 12.8. The average Bonchev–Trinajstić information content (AvgIpc) is 3.12. The zero-order chi connectivity index (χ0) is 17.8. The number of nitrogens with zero attached hydrogens (tertiary/aromatic N) is 3. The molecule has 2 heterocycles. The normalized spacial score (nSPS) is 25.7. The van der Waals surface area contributed by atoms with Crippen LogP contribution >= 0.6 is 0 Å². The predicted octanol–water partition coefficient (Wildman–Crippen LogP) is 2.54. The summed E-state index contributed by atoms with van der Waals surface area (Å²) in [6.45, 7) is 3.31. The Kier molecular flexibility index (Phi) is 5.32. The lowest BCUT2D eigenvalue weighted by molar-refractivity contribution is -0.0819. The van der Waals surface area contributed by atoms with Crippen LogP contribution in [0.1, 0.15) is 18.4 Å². The van der Waals surface area contributed by atoms with Gasteiger partial charge in [-0.05, 0) is 36.6 Å². The van der Waals surface area contributed by atoms with Crippen LogP contribution in [0.15, 0.2) is 42.7 Å². The first-order valence-electron chi connectivity index (χ1n) is 9.22. The van der Waals surface area contributed by atoms with Gasteiger partial charge >= 0.3 is 6.01 Å². The summed E-state index contributed by atoms with van der Waals surface area (Å²) >= 11 is 0. The number of hydrogen-bond donors (Lipinski definition) is 0. The third kappa shape index (κ3) is 3.81. The molecule has 4 rings (SSSR count). The van der Waals surface area contributed by atoms with Gasteiger partial charge in [-0.2, -0.15) is 0 Å². The molecule has 138 valence electrons. The maximum absolute atomic E-state index is 6.12. The number of fused-ring (bicyclic) bond motifs is 1. The van der Waals surface area contributed by atoms with Crippen molar-refractivity contribution in [3.63, 3.8) is 0 Å². The number of ether oxygens (including phenoxy) is 3. The number of methoxy groups -OCH3 is 1. The fraction of sp³-hybridized carbons (Fsp3) is 0.500. The van der Waals surface area contributed by atoms with E-state index in [1.165, 1.54) is 5.56 Å².